The predicted octanol–water partition coefficient (Wildman–Crippen LogP) is 3.52. The summed E-state index contributed by atoms with van der Waals surface area (Å²) < 4.78 is 5.02. The largest absolute Gasteiger partial charge is 0.452 e. The molecule has 4 heteroatoms. The molecule has 0 aliphatic heterocycles. The van der Waals surface area contributed by atoms with Crippen LogP contribution in [0.25, 0.3) is 6.08 Å². The van der Waals surface area contributed by atoms with E-state index in [9.17, 15) is 9.59 Å². The Kier molecular flexibility index (Phi) is 6.52. The molecule has 0 N–H and O–H groups in total. The highest BCUT2D eigenvalue weighted by molar-refractivity contribution is 5.89. The van der Waals surface area contributed by atoms with Gasteiger partial charge in [-0.2, -0.15) is 0 Å². The van der Waals surface area contributed by atoms with Gasteiger partial charge in [0.2, 0.25) is 0 Å². The summed E-state index contributed by atoms with van der Waals surface area (Å²) in [6.45, 7) is 4.28. The zero-order chi connectivity index (χ0) is 18.2. The van der Waals surface area contributed by atoms with Crippen molar-refractivity contribution < 1.29 is 14.3 Å². The molecular formula is C21H23NO3. The zero-order valence-electron chi connectivity index (χ0n) is 14.9. The summed E-state index contributed by atoms with van der Waals surface area (Å²) in [5.41, 5.74) is 4.31. The van der Waals surface area contributed by atoms with Crippen LogP contribution in [0.4, 0.5) is 0 Å². The summed E-state index contributed by atoms with van der Waals surface area (Å²) >= 11 is 0. The minimum Gasteiger partial charge on any atom is -0.452 e. The molecular weight excluding hydrogens is 314 g/mol. The number of amides is 1. The molecule has 0 bridgehead atoms. The standard InChI is InChI=1S/C21H23NO3/c1-16-9-11-19(17(2)13-16)14-22(3)20(23)15-25-21(24)12-10-18-7-5-4-6-8-18/h4-13H,14-15H2,1-3H3/b12-10+. The highest BCUT2D eigenvalue weighted by atomic mass is 16.5. The van der Waals surface area contributed by atoms with Crippen molar-refractivity contribution in [1.29, 1.82) is 0 Å². The fraction of sp³-hybridized carbons (Fsp3) is 0.238. The molecule has 130 valence electrons. The number of carbonyl (C=O) groups excluding carboxylic acids is 2. The molecule has 2 aromatic rings. The van der Waals surface area contributed by atoms with Gasteiger partial charge in [0.1, 0.15) is 0 Å². The van der Waals surface area contributed by atoms with E-state index in [1.54, 1.807) is 18.0 Å². The minimum absolute atomic E-state index is 0.235. The van der Waals surface area contributed by atoms with Gasteiger partial charge in [-0.25, -0.2) is 4.79 Å². The number of hydrogen-bond donors (Lipinski definition) is 0. The Balaban J connectivity index is 1.82. The summed E-state index contributed by atoms with van der Waals surface area (Å²) in [6, 6.07) is 15.6. The van der Waals surface area contributed by atoms with Crippen LogP contribution in [0.15, 0.2) is 54.6 Å². The predicted molar refractivity (Wildman–Crippen MR) is 98.8 cm³/mol. The Morgan fingerprint density at radius 1 is 1.08 bits per heavy atom. The summed E-state index contributed by atoms with van der Waals surface area (Å²) in [5.74, 6) is -0.765. The molecule has 0 atom stereocenters. The van der Waals surface area contributed by atoms with E-state index in [0.29, 0.717) is 6.54 Å². The van der Waals surface area contributed by atoms with Gasteiger partial charge in [0.05, 0.1) is 0 Å². The molecule has 0 unspecified atom stereocenters. The lowest BCUT2D eigenvalue weighted by molar-refractivity contribution is -0.147. The zero-order valence-corrected chi connectivity index (χ0v) is 14.9. The summed E-state index contributed by atoms with van der Waals surface area (Å²) in [5, 5.41) is 0. The van der Waals surface area contributed by atoms with Crippen LogP contribution >= 0.6 is 0 Å². The third-order valence-corrected chi connectivity index (χ3v) is 3.88. The number of ether oxygens (including phenoxy) is 1. The van der Waals surface area contributed by atoms with E-state index in [4.69, 9.17) is 4.74 Å². The molecule has 0 aliphatic carbocycles. The van der Waals surface area contributed by atoms with Crippen LogP contribution in [0.2, 0.25) is 0 Å². The second-order valence-electron chi connectivity index (χ2n) is 6.03. The second kappa shape index (κ2) is 8.83. The van der Waals surface area contributed by atoms with Crippen LogP contribution in [-0.4, -0.2) is 30.4 Å². The van der Waals surface area contributed by atoms with Crippen molar-refractivity contribution in [3.8, 4) is 0 Å². The molecule has 0 heterocycles. The topological polar surface area (TPSA) is 46.6 Å². The third-order valence-electron chi connectivity index (χ3n) is 3.88. The number of nitrogens with zero attached hydrogens (tertiary/aromatic N) is 1. The first-order valence-electron chi connectivity index (χ1n) is 8.15. The number of esters is 1. The van der Waals surface area contributed by atoms with Crippen molar-refractivity contribution in [2.24, 2.45) is 0 Å². The van der Waals surface area contributed by atoms with Crippen molar-refractivity contribution in [2.45, 2.75) is 20.4 Å². The van der Waals surface area contributed by atoms with E-state index in [0.717, 1.165) is 16.7 Å². The number of benzene rings is 2. The van der Waals surface area contributed by atoms with Gasteiger partial charge in [0.15, 0.2) is 6.61 Å². The van der Waals surface area contributed by atoms with Crippen LogP contribution in [-0.2, 0) is 20.9 Å². The average Bonchev–Trinajstić information content (AvgIpc) is 2.61. The smallest absolute Gasteiger partial charge is 0.331 e. The monoisotopic (exact) mass is 337 g/mol. The van der Waals surface area contributed by atoms with Crippen molar-refractivity contribution in [1.82, 2.24) is 4.90 Å². The molecule has 0 radical (unpaired) electrons. The summed E-state index contributed by atoms with van der Waals surface area (Å²) in [7, 11) is 1.70. The molecule has 0 saturated carbocycles. The molecule has 2 rings (SSSR count). The first-order valence-corrected chi connectivity index (χ1v) is 8.15. The lowest BCUT2D eigenvalue weighted by Crippen LogP contribution is -2.30. The Morgan fingerprint density at radius 2 is 1.80 bits per heavy atom. The van der Waals surface area contributed by atoms with Gasteiger partial charge >= 0.3 is 5.97 Å². The van der Waals surface area contributed by atoms with E-state index in [1.165, 1.54) is 11.6 Å². The lowest BCUT2D eigenvalue weighted by Gasteiger charge is -2.18. The molecule has 0 saturated heterocycles. The summed E-state index contributed by atoms with van der Waals surface area (Å²) in [4.78, 5) is 25.4. The van der Waals surface area contributed by atoms with Crippen LogP contribution in [0, 0.1) is 13.8 Å². The number of likely N-dealkylation sites (N-methyl/N-ethyl adjacent to an activating group) is 1. The van der Waals surface area contributed by atoms with Crippen LogP contribution in [0.1, 0.15) is 22.3 Å². The maximum Gasteiger partial charge on any atom is 0.331 e. The third kappa shape index (κ3) is 5.92. The van der Waals surface area contributed by atoms with E-state index >= 15 is 0 Å². The van der Waals surface area contributed by atoms with E-state index in [2.05, 4.69) is 6.07 Å². The number of rotatable bonds is 6. The van der Waals surface area contributed by atoms with Gasteiger partial charge in [-0.05, 0) is 36.6 Å². The van der Waals surface area contributed by atoms with E-state index in [1.807, 2.05) is 56.3 Å². The molecule has 0 fully saturated rings. The Bertz CT molecular complexity index is 766. The quantitative estimate of drug-likeness (QED) is 0.598. The lowest BCUT2D eigenvalue weighted by atomic mass is 10.1. The first kappa shape index (κ1) is 18.5. The van der Waals surface area contributed by atoms with Gasteiger partial charge in [-0.1, -0.05) is 54.1 Å². The van der Waals surface area contributed by atoms with Crippen molar-refractivity contribution in [3.05, 3.63) is 76.9 Å². The van der Waals surface area contributed by atoms with E-state index in [-0.39, 0.29) is 12.5 Å². The van der Waals surface area contributed by atoms with Crippen molar-refractivity contribution in [3.63, 3.8) is 0 Å². The number of aryl methyl sites for hydroxylation is 2. The molecule has 0 spiro atoms. The van der Waals surface area contributed by atoms with Gasteiger partial charge in [0.25, 0.3) is 5.91 Å². The SMILES string of the molecule is Cc1ccc(CN(C)C(=O)COC(=O)/C=C/c2ccccc2)c(C)c1. The number of carbonyl (C=O) groups is 2. The van der Waals surface area contributed by atoms with Crippen LogP contribution in [0.5, 0.6) is 0 Å². The molecule has 1 amide bonds. The molecule has 25 heavy (non-hydrogen) atoms. The highest BCUT2D eigenvalue weighted by Gasteiger charge is 2.12. The molecule has 0 aliphatic rings. The molecule has 2 aromatic carbocycles. The Morgan fingerprint density at radius 3 is 2.48 bits per heavy atom. The Hall–Kier alpha value is -2.88. The second-order valence-corrected chi connectivity index (χ2v) is 6.03. The van der Waals surface area contributed by atoms with Gasteiger partial charge in [-0.15, -0.1) is 0 Å². The minimum atomic E-state index is -0.530. The van der Waals surface area contributed by atoms with Gasteiger partial charge in [0, 0.05) is 19.7 Å². The van der Waals surface area contributed by atoms with Crippen molar-refractivity contribution in [2.75, 3.05) is 13.7 Å². The number of hydrogen-bond acceptors (Lipinski definition) is 3. The fourth-order valence-corrected chi connectivity index (χ4v) is 2.39. The fourth-order valence-electron chi connectivity index (χ4n) is 2.39. The van der Waals surface area contributed by atoms with Gasteiger partial charge in [-0.3, -0.25) is 4.79 Å². The first-order chi connectivity index (χ1) is 12.0. The van der Waals surface area contributed by atoms with E-state index < -0.39 is 5.97 Å². The summed E-state index contributed by atoms with van der Waals surface area (Å²) in [6.07, 6.45) is 2.99. The molecule has 4 nitrogen and oxygen atoms in total. The molecule has 0 aromatic heterocycles. The van der Waals surface area contributed by atoms with Crippen molar-refractivity contribution >= 4 is 18.0 Å². The highest BCUT2D eigenvalue weighted by Crippen LogP contribution is 2.12. The maximum absolute atomic E-state index is 12.1. The van der Waals surface area contributed by atoms with Crippen LogP contribution in [0.3, 0.4) is 0 Å². The van der Waals surface area contributed by atoms with Gasteiger partial charge < -0.3 is 9.64 Å². The normalized spacial score (nSPS) is 10.7. The maximum atomic E-state index is 12.1. The Labute approximate surface area is 148 Å². The average molecular weight is 337 g/mol. The van der Waals surface area contributed by atoms with Crippen LogP contribution < -0.4 is 0 Å².